The van der Waals surface area contributed by atoms with Crippen molar-refractivity contribution in [1.82, 2.24) is 4.57 Å². The fourth-order valence-corrected chi connectivity index (χ4v) is 7.29. The summed E-state index contributed by atoms with van der Waals surface area (Å²) in [6.45, 7) is 0. The molecule has 8 aromatic rings. The predicted octanol–water partition coefficient (Wildman–Crippen LogP) is 9.11. The highest BCUT2D eigenvalue weighted by atomic mass is 32.1. The van der Waals surface area contributed by atoms with Crippen molar-refractivity contribution in [2.75, 3.05) is 0 Å². The second-order valence-electron chi connectivity index (χ2n) is 8.17. The lowest BCUT2D eigenvalue weighted by atomic mass is 10.1. The first-order valence-corrected chi connectivity index (χ1v) is 12.2. The zero-order valence-corrected chi connectivity index (χ0v) is 18.5. The van der Waals surface area contributed by atoms with E-state index >= 15 is 0 Å². The molecule has 4 aromatic carbocycles. The smallest absolute Gasteiger partial charge is 0.214 e. The summed E-state index contributed by atoms with van der Waals surface area (Å²) in [7, 11) is 0. The van der Waals surface area contributed by atoms with E-state index in [2.05, 4.69) is 95.6 Å². The molecule has 0 N–H and O–H groups in total. The molecule has 4 heterocycles. The number of hydrogen-bond acceptors (Lipinski definition) is 3. The number of fused-ring (bicyclic) bond motifs is 10. The van der Waals surface area contributed by atoms with Crippen molar-refractivity contribution in [3.63, 3.8) is 0 Å². The molecule has 32 heavy (non-hydrogen) atoms. The molecule has 0 unspecified atom stereocenters. The molecule has 0 aliphatic rings. The van der Waals surface area contributed by atoms with E-state index in [4.69, 9.17) is 4.42 Å². The molecule has 0 saturated heterocycles. The Kier molecular flexibility index (Phi) is 3.19. The zero-order valence-electron chi connectivity index (χ0n) is 16.8. The Morgan fingerprint density at radius 1 is 0.594 bits per heavy atom. The van der Waals surface area contributed by atoms with E-state index in [-0.39, 0.29) is 0 Å². The van der Waals surface area contributed by atoms with Crippen LogP contribution in [0.15, 0.2) is 95.4 Å². The average Bonchev–Trinajstić information content (AvgIpc) is 3.55. The van der Waals surface area contributed by atoms with Crippen molar-refractivity contribution in [3.8, 4) is 5.69 Å². The van der Waals surface area contributed by atoms with Crippen LogP contribution in [0.25, 0.3) is 68.2 Å². The Hall–Kier alpha value is -3.60. The molecular weight excluding hydrogens is 430 g/mol. The van der Waals surface area contributed by atoms with Gasteiger partial charge in [-0.1, -0.05) is 48.5 Å². The fraction of sp³-hybridized carbons (Fsp3) is 0. The van der Waals surface area contributed by atoms with Gasteiger partial charge in [-0.2, -0.15) is 0 Å². The van der Waals surface area contributed by atoms with Crippen LogP contribution >= 0.6 is 22.7 Å². The second kappa shape index (κ2) is 6.00. The molecule has 8 rings (SSSR count). The number of benzene rings is 4. The van der Waals surface area contributed by atoms with Crippen molar-refractivity contribution in [1.29, 1.82) is 0 Å². The Bertz CT molecular complexity index is 2000. The lowest BCUT2D eigenvalue weighted by molar-refractivity contribution is 0.649. The number of furan rings is 1. The minimum absolute atomic E-state index is 0.928. The van der Waals surface area contributed by atoms with E-state index in [0.717, 1.165) is 17.0 Å². The molecule has 4 aromatic heterocycles. The number of rotatable bonds is 1. The van der Waals surface area contributed by atoms with E-state index in [1.54, 1.807) is 0 Å². The Morgan fingerprint density at radius 3 is 2.16 bits per heavy atom. The molecule has 0 aliphatic carbocycles. The molecule has 0 atom stereocenters. The molecule has 0 amide bonds. The monoisotopic (exact) mass is 445 g/mol. The van der Waals surface area contributed by atoms with Gasteiger partial charge in [0.15, 0.2) is 5.58 Å². The van der Waals surface area contributed by atoms with E-state index < -0.39 is 0 Å². The maximum Gasteiger partial charge on any atom is 0.214 e. The largest absolute Gasteiger partial charge is 0.438 e. The number of hydrogen-bond donors (Lipinski definition) is 0. The molecule has 0 spiro atoms. The van der Waals surface area contributed by atoms with Crippen molar-refractivity contribution < 1.29 is 4.42 Å². The lowest BCUT2D eigenvalue weighted by Crippen LogP contribution is -1.92. The van der Waals surface area contributed by atoms with Crippen LogP contribution in [0.5, 0.6) is 0 Å². The van der Waals surface area contributed by atoms with Gasteiger partial charge in [0.2, 0.25) is 5.71 Å². The molecule has 0 aliphatic heterocycles. The average molecular weight is 446 g/mol. The highest BCUT2D eigenvalue weighted by molar-refractivity contribution is 7.27. The van der Waals surface area contributed by atoms with Crippen LogP contribution in [0.4, 0.5) is 0 Å². The van der Waals surface area contributed by atoms with Gasteiger partial charge in [-0.05, 0) is 42.5 Å². The van der Waals surface area contributed by atoms with Crippen LogP contribution in [0.1, 0.15) is 0 Å². The molecule has 150 valence electrons. The first-order chi connectivity index (χ1) is 15.9. The van der Waals surface area contributed by atoms with Gasteiger partial charge in [0, 0.05) is 41.3 Å². The van der Waals surface area contributed by atoms with Crippen LogP contribution in [0, 0.1) is 0 Å². The minimum Gasteiger partial charge on any atom is -0.438 e. The van der Waals surface area contributed by atoms with Gasteiger partial charge in [0.1, 0.15) is 0 Å². The van der Waals surface area contributed by atoms with Crippen molar-refractivity contribution in [2.45, 2.75) is 0 Å². The molecule has 4 heteroatoms. The summed E-state index contributed by atoms with van der Waals surface area (Å²) in [6.07, 6.45) is 0. The van der Waals surface area contributed by atoms with Gasteiger partial charge in [0.25, 0.3) is 0 Å². The maximum absolute atomic E-state index is 6.63. The van der Waals surface area contributed by atoms with Crippen LogP contribution in [-0.2, 0) is 0 Å². The predicted molar refractivity (Wildman–Crippen MR) is 139 cm³/mol. The van der Waals surface area contributed by atoms with Crippen molar-refractivity contribution >= 4 is 85.2 Å². The van der Waals surface area contributed by atoms with Crippen LogP contribution in [0.2, 0.25) is 0 Å². The number of para-hydroxylation sites is 1. The summed E-state index contributed by atoms with van der Waals surface area (Å²) in [6, 6.07) is 32.6. The van der Waals surface area contributed by atoms with Gasteiger partial charge in [-0.25, -0.2) is 0 Å². The van der Waals surface area contributed by atoms with E-state index in [1.807, 2.05) is 22.7 Å². The van der Waals surface area contributed by atoms with Gasteiger partial charge < -0.3 is 4.42 Å². The standard InChI is InChI=1S/C28H15NOS2/c1-4-10-21-18(8-1)25-27-26(19-9-3-6-12-23(19)32-27)30-28(25)29(21)16-13-14-24-20(15-16)17-7-2-5-11-22(17)31-24/h1-15H. The first-order valence-electron chi connectivity index (χ1n) is 10.6. The first kappa shape index (κ1) is 17.0. The van der Waals surface area contributed by atoms with E-state index in [1.165, 1.54) is 51.2 Å². The van der Waals surface area contributed by atoms with Gasteiger partial charge in [-0.3, -0.25) is 4.57 Å². The SMILES string of the molecule is c1ccc2c(c1)sc1ccc(-n3c4ccccc4c4c5sc6ccccc6c5oc43)cc12. The fourth-order valence-electron chi connectivity index (χ4n) is 5.03. The third-order valence-electron chi connectivity index (χ3n) is 6.43. The molecule has 2 nitrogen and oxygen atoms in total. The van der Waals surface area contributed by atoms with Gasteiger partial charge in [-0.15, -0.1) is 22.7 Å². The highest BCUT2D eigenvalue weighted by Crippen LogP contribution is 2.46. The van der Waals surface area contributed by atoms with Crippen LogP contribution < -0.4 is 0 Å². The Morgan fingerprint density at radius 2 is 1.28 bits per heavy atom. The summed E-state index contributed by atoms with van der Waals surface area (Å²) in [5, 5.41) is 6.26. The van der Waals surface area contributed by atoms with Crippen molar-refractivity contribution in [2.24, 2.45) is 0 Å². The van der Waals surface area contributed by atoms with E-state index in [0.29, 0.717) is 0 Å². The summed E-state index contributed by atoms with van der Waals surface area (Å²) >= 11 is 3.67. The second-order valence-corrected chi connectivity index (χ2v) is 10.3. The van der Waals surface area contributed by atoms with E-state index in [9.17, 15) is 0 Å². The summed E-state index contributed by atoms with van der Waals surface area (Å²) in [4.78, 5) is 0. The number of thiophene rings is 2. The molecule has 0 bridgehead atoms. The zero-order chi connectivity index (χ0) is 20.8. The maximum atomic E-state index is 6.63. The third kappa shape index (κ3) is 2.08. The normalized spacial score (nSPS) is 12.4. The Balaban J connectivity index is 1.53. The summed E-state index contributed by atoms with van der Waals surface area (Å²) in [5.41, 5.74) is 4.24. The van der Waals surface area contributed by atoms with Gasteiger partial charge >= 0.3 is 0 Å². The molecular formula is C28H15NOS2. The topological polar surface area (TPSA) is 18.1 Å². The lowest BCUT2D eigenvalue weighted by Gasteiger charge is -2.06. The quantitative estimate of drug-likeness (QED) is 0.246. The summed E-state index contributed by atoms with van der Waals surface area (Å²) < 4.78 is 14.1. The number of aromatic nitrogens is 1. The molecule has 0 fully saturated rings. The minimum atomic E-state index is 0.928. The molecule has 0 saturated carbocycles. The highest BCUT2D eigenvalue weighted by Gasteiger charge is 2.22. The third-order valence-corrected chi connectivity index (χ3v) is 8.75. The molecule has 0 radical (unpaired) electrons. The van der Waals surface area contributed by atoms with Crippen molar-refractivity contribution in [3.05, 3.63) is 91.0 Å². The summed E-state index contributed by atoms with van der Waals surface area (Å²) in [5.74, 6) is 0. The van der Waals surface area contributed by atoms with Gasteiger partial charge in [0.05, 0.1) is 15.6 Å². The Labute approximate surface area is 190 Å². The van der Waals surface area contributed by atoms with Crippen LogP contribution in [-0.4, -0.2) is 4.57 Å². The number of nitrogens with zero attached hydrogens (tertiary/aromatic N) is 1. The van der Waals surface area contributed by atoms with Crippen LogP contribution in [0.3, 0.4) is 0 Å².